The van der Waals surface area contributed by atoms with Gasteiger partial charge in [0.15, 0.2) is 0 Å². The van der Waals surface area contributed by atoms with Crippen molar-refractivity contribution in [3.05, 3.63) is 35.6 Å². The Hall–Kier alpha value is -0.750. The molecule has 1 nitrogen and oxygen atoms in total. The quantitative estimate of drug-likeness (QED) is 0.767. The predicted molar refractivity (Wildman–Crippen MR) is 70.7 cm³/mol. The van der Waals surface area contributed by atoms with Crippen LogP contribution in [0.1, 0.15) is 12.0 Å². The summed E-state index contributed by atoms with van der Waals surface area (Å²) in [4.78, 5) is 0. The largest absolute Gasteiger partial charge is 0.441 e. The summed E-state index contributed by atoms with van der Waals surface area (Å²) in [6.07, 6.45) is 1.13. The maximum Gasteiger partial charge on any atom is 0.441 e. The summed E-state index contributed by atoms with van der Waals surface area (Å²) in [5, 5.41) is 2.98. The molecule has 0 heterocycles. The Morgan fingerprint density at radius 1 is 1.21 bits per heavy atom. The van der Waals surface area contributed by atoms with Gasteiger partial charge in [-0.05, 0) is 50.0 Å². The molecule has 108 valence electrons. The van der Waals surface area contributed by atoms with Gasteiger partial charge in [-0.3, -0.25) is 0 Å². The third kappa shape index (κ3) is 7.42. The van der Waals surface area contributed by atoms with Gasteiger partial charge in [-0.15, -0.1) is 0 Å². The molecule has 1 rings (SSSR count). The van der Waals surface area contributed by atoms with E-state index in [-0.39, 0.29) is 29.2 Å². The van der Waals surface area contributed by atoms with E-state index in [2.05, 4.69) is 5.32 Å². The van der Waals surface area contributed by atoms with Crippen molar-refractivity contribution < 1.29 is 17.6 Å². The number of hydrogen-bond acceptors (Lipinski definition) is 2. The van der Waals surface area contributed by atoms with E-state index in [1.54, 1.807) is 19.2 Å². The molecule has 19 heavy (non-hydrogen) atoms. The highest BCUT2D eigenvalue weighted by atomic mass is 32.2. The van der Waals surface area contributed by atoms with Crippen LogP contribution in [0.5, 0.6) is 0 Å². The number of hydrogen-bond donors (Lipinski definition) is 1. The van der Waals surface area contributed by atoms with Crippen LogP contribution in [0.4, 0.5) is 17.6 Å². The SMILES string of the molecule is CNCC(CCSC(F)(F)F)Cc1ccc(F)cc1. The molecular weight excluding hydrogens is 278 g/mol. The molecule has 6 heteroatoms. The Kier molecular flexibility index (Phi) is 6.65. The lowest BCUT2D eigenvalue weighted by atomic mass is 9.97. The predicted octanol–water partition coefficient (Wildman–Crippen LogP) is 3.85. The summed E-state index contributed by atoms with van der Waals surface area (Å²) in [7, 11) is 1.77. The fraction of sp³-hybridized carbons (Fsp3) is 0.538. The van der Waals surface area contributed by atoms with Crippen molar-refractivity contribution >= 4 is 11.8 Å². The molecule has 1 atom stereocenters. The van der Waals surface area contributed by atoms with E-state index < -0.39 is 5.51 Å². The van der Waals surface area contributed by atoms with E-state index in [0.717, 1.165) is 5.56 Å². The van der Waals surface area contributed by atoms with E-state index in [1.807, 2.05) is 0 Å². The maximum atomic E-state index is 12.8. The Morgan fingerprint density at radius 2 is 1.84 bits per heavy atom. The summed E-state index contributed by atoms with van der Waals surface area (Å²) in [5.74, 6) is -0.135. The average molecular weight is 295 g/mol. The lowest BCUT2D eigenvalue weighted by Gasteiger charge is -2.17. The monoisotopic (exact) mass is 295 g/mol. The highest BCUT2D eigenvalue weighted by molar-refractivity contribution is 8.00. The molecule has 0 bridgehead atoms. The summed E-state index contributed by atoms with van der Waals surface area (Å²) in [6.45, 7) is 0.649. The number of rotatable bonds is 7. The molecule has 1 unspecified atom stereocenters. The zero-order valence-electron chi connectivity index (χ0n) is 10.6. The van der Waals surface area contributed by atoms with Crippen LogP contribution in [-0.4, -0.2) is 24.9 Å². The van der Waals surface area contributed by atoms with Crippen LogP contribution >= 0.6 is 11.8 Å². The Bertz CT molecular complexity index is 364. The van der Waals surface area contributed by atoms with Crippen molar-refractivity contribution in [1.29, 1.82) is 0 Å². The van der Waals surface area contributed by atoms with Crippen molar-refractivity contribution in [1.82, 2.24) is 5.32 Å². The lowest BCUT2D eigenvalue weighted by molar-refractivity contribution is -0.0328. The third-order valence-corrected chi connectivity index (χ3v) is 3.49. The second-order valence-electron chi connectivity index (χ2n) is 4.34. The van der Waals surface area contributed by atoms with Crippen molar-refractivity contribution in [2.75, 3.05) is 19.3 Å². The van der Waals surface area contributed by atoms with Crippen molar-refractivity contribution in [2.24, 2.45) is 5.92 Å². The van der Waals surface area contributed by atoms with Crippen LogP contribution in [-0.2, 0) is 6.42 Å². The van der Waals surface area contributed by atoms with Gasteiger partial charge in [-0.2, -0.15) is 13.2 Å². The van der Waals surface area contributed by atoms with Crippen molar-refractivity contribution in [3.8, 4) is 0 Å². The molecule has 0 saturated carbocycles. The molecule has 0 aromatic heterocycles. The summed E-state index contributed by atoms with van der Waals surface area (Å²) in [6, 6.07) is 6.09. The molecule has 0 amide bonds. The number of alkyl halides is 3. The maximum absolute atomic E-state index is 12.8. The topological polar surface area (TPSA) is 12.0 Å². The van der Waals surface area contributed by atoms with Gasteiger partial charge in [0.05, 0.1) is 0 Å². The van der Waals surface area contributed by atoms with Gasteiger partial charge in [0, 0.05) is 5.75 Å². The highest BCUT2D eigenvalue weighted by Crippen LogP contribution is 2.31. The van der Waals surface area contributed by atoms with Gasteiger partial charge in [-0.1, -0.05) is 23.9 Å². The van der Waals surface area contributed by atoms with Crippen LogP contribution in [0.25, 0.3) is 0 Å². The first-order chi connectivity index (χ1) is 8.90. The minimum absolute atomic E-state index is 0.0130. The molecule has 0 fully saturated rings. The first-order valence-corrected chi connectivity index (χ1v) is 6.99. The van der Waals surface area contributed by atoms with Gasteiger partial charge in [0.1, 0.15) is 5.82 Å². The second kappa shape index (κ2) is 7.75. The van der Waals surface area contributed by atoms with E-state index in [4.69, 9.17) is 0 Å². The standard InChI is InChI=1S/C13H17F4NS/c1-18-9-11(6-7-19-13(15,16)17)8-10-2-4-12(14)5-3-10/h2-5,11,18H,6-9H2,1H3. The van der Waals surface area contributed by atoms with E-state index in [1.165, 1.54) is 12.1 Å². The second-order valence-corrected chi connectivity index (χ2v) is 5.50. The van der Waals surface area contributed by atoms with E-state index >= 15 is 0 Å². The van der Waals surface area contributed by atoms with E-state index in [9.17, 15) is 17.6 Å². The van der Waals surface area contributed by atoms with Crippen LogP contribution in [0.15, 0.2) is 24.3 Å². The molecular formula is C13H17F4NS. The Morgan fingerprint density at radius 3 is 2.37 bits per heavy atom. The molecule has 1 aromatic carbocycles. The number of halogens is 4. The third-order valence-electron chi connectivity index (χ3n) is 2.72. The number of thioether (sulfide) groups is 1. The van der Waals surface area contributed by atoms with Crippen LogP contribution < -0.4 is 5.32 Å². The smallest absolute Gasteiger partial charge is 0.319 e. The van der Waals surface area contributed by atoms with E-state index in [0.29, 0.717) is 19.4 Å². The van der Waals surface area contributed by atoms with Gasteiger partial charge in [0.2, 0.25) is 0 Å². The molecule has 1 N–H and O–H groups in total. The fourth-order valence-electron chi connectivity index (χ4n) is 1.86. The zero-order valence-corrected chi connectivity index (χ0v) is 11.5. The first kappa shape index (κ1) is 16.3. The molecule has 0 aliphatic rings. The summed E-state index contributed by atoms with van der Waals surface area (Å²) < 4.78 is 49.0. The van der Waals surface area contributed by atoms with Gasteiger partial charge < -0.3 is 5.32 Å². The van der Waals surface area contributed by atoms with Gasteiger partial charge in [0.25, 0.3) is 0 Å². The minimum Gasteiger partial charge on any atom is -0.319 e. The van der Waals surface area contributed by atoms with Crippen molar-refractivity contribution in [2.45, 2.75) is 18.3 Å². The van der Waals surface area contributed by atoms with Crippen LogP contribution in [0.3, 0.4) is 0 Å². The average Bonchev–Trinajstić information content (AvgIpc) is 2.30. The fourth-order valence-corrected chi connectivity index (χ4v) is 2.54. The van der Waals surface area contributed by atoms with Gasteiger partial charge >= 0.3 is 5.51 Å². The first-order valence-electron chi connectivity index (χ1n) is 6.00. The van der Waals surface area contributed by atoms with Crippen LogP contribution in [0, 0.1) is 11.7 Å². The molecule has 0 spiro atoms. The van der Waals surface area contributed by atoms with Crippen LogP contribution in [0.2, 0.25) is 0 Å². The molecule has 0 aliphatic heterocycles. The molecule has 0 saturated heterocycles. The highest BCUT2D eigenvalue weighted by Gasteiger charge is 2.28. The van der Waals surface area contributed by atoms with Crippen molar-refractivity contribution in [3.63, 3.8) is 0 Å². The Labute approximate surface area is 114 Å². The van der Waals surface area contributed by atoms with Gasteiger partial charge in [-0.25, -0.2) is 4.39 Å². The number of benzene rings is 1. The lowest BCUT2D eigenvalue weighted by Crippen LogP contribution is -2.22. The number of nitrogens with one attached hydrogen (secondary N) is 1. The Balaban J connectivity index is 2.45. The zero-order chi connectivity index (χ0) is 14.3. The minimum atomic E-state index is -4.17. The molecule has 0 aliphatic carbocycles. The molecule has 1 aromatic rings. The summed E-state index contributed by atoms with van der Waals surface area (Å²) >= 11 is 0.0130. The summed E-state index contributed by atoms with van der Waals surface area (Å²) in [5.41, 5.74) is -3.22. The normalized spacial score (nSPS) is 13.5. The molecule has 0 radical (unpaired) electrons.